The zero-order valence-corrected chi connectivity index (χ0v) is 14.7. The SMILES string of the molecule is O=C(CCc1ccccc1)N1CCc2ccccc2C1c1cccnc1. The van der Waals surface area contributed by atoms with Crippen molar-refractivity contribution in [2.45, 2.75) is 25.3 Å². The van der Waals surface area contributed by atoms with Gasteiger partial charge in [0.05, 0.1) is 6.04 Å². The molecule has 1 aromatic heterocycles. The van der Waals surface area contributed by atoms with Crippen molar-refractivity contribution in [1.82, 2.24) is 9.88 Å². The molecule has 1 unspecified atom stereocenters. The van der Waals surface area contributed by atoms with Crippen LogP contribution in [-0.2, 0) is 17.6 Å². The number of carbonyl (C=O) groups is 1. The average Bonchev–Trinajstić information content (AvgIpc) is 2.72. The highest BCUT2D eigenvalue weighted by Gasteiger charge is 2.31. The molecule has 0 saturated carbocycles. The van der Waals surface area contributed by atoms with E-state index in [9.17, 15) is 4.79 Å². The van der Waals surface area contributed by atoms with Crippen LogP contribution < -0.4 is 0 Å². The first-order valence-electron chi connectivity index (χ1n) is 9.14. The number of amides is 1. The normalized spacial score (nSPS) is 16.2. The molecule has 4 rings (SSSR count). The quantitative estimate of drug-likeness (QED) is 0.712. The van der Waals surface area contributed by atoms with Crippen molar-refractivity contribution in [2.24, 2.45) is 0 Å². The second-order valence-electron chi connectivity index (χ2n) is 6.71. The lowest BCUT2D eigenvalue weighted by molar-refractivity contribution is -0.133. The predicted molar refractivity (Wildman–Crippen MR) is 103 cm³/mol. The standard InChI is InChI=1S/C23H22N2O/c26-22(13-12-18-7-2-1-3-8-18)25-16-14-19-9-4-5-11-21(19)23(25)20-10-6-15-24-17-20/h1-11,15,17,23H,12-14,16H2. The van der Waals surface area contributed by atoms with Crippen molar-refractivity contribution in [1.29, 1.82) is 0 Å². The maximum atomic E-state index is 13.1. The topological polar surface area (TPSA) is 33.2 Å². The van der Waals surface area contributed by atoms with Gasteiger partial charge in [0.15, 0.2) is 0 Å². The summed E-state index contributed by atoms with van der Waals surface area (Å²) < 4.78 is 0. The molecule has 0 aliphatic carbocycles. The van der Waals surface area contributed by atoms with E-state index in [1.54, 1.807) is 6.20 Å². The minimum absolute atomic E-state index is 0.0445. The molecule has 0 spiro atoms. The van der Waals surface area contributed by atoms with Crippen LogP contribution in [0.3, 0.4) is 0 Å². The monoisotopic (exact) mass is 342 g/mol. The number of aryl methyl sites for hydroxylation is 1. The van der Waals surface area contributed by atoms with Crippen molar-refractivity contribution < 1.29 is 4.79 Å². The molecule has 0 N–H and O–H groups in total. The first-order chi connectivity index (χ1) is 12.8. The second-order valence-corrected chi connectivity index (χ2v) is 6.71. The molecule has 3 aromatic rings. The van der Waals surface area contributed by atoms with Crippen LogP contribution in [0.15, 0.2) is 79.1 Å². The molecule has 1 atom stereocenters. The summed E-state index contributed by atoms with van der Waals surface area (Å²) in [6.45, 7) is 0.754. The van der Waals surface area contributed by atoms with Crippen LogP contribution in [0.4, 0.5) is 0 Å². The van der Waals surface area contributed by atoms with Crippen LogP contribution in [0.5, 0.6) is 0 Å². The molecule has 1 aliphatic rings. The van der Waals surface area contributed by atoms with Gasteiger partial charge in [-0.1, -0.05) is 60.7 Å². The molecule has 0 fully saturated rings. The molecule has 26 heavy (non-hydrogen) atoms. The highest BCUT2D eigenvalue weighted by Crippen LogP contribution is 2.35. The van der Waals surface area contributed by atoms with E-state index < -0.39 is 0 Å². The summed E-state index contributed by atoms with van der Waals surface area (Å²) in [4.78, 5) is 19.4. The van der Waals surface area contributed by atoms with Crippen molar-refractivity contribution in [3.8, 4) is 0 Å². The summed E-state index contributed by atoms with van der Waals surface area (Å²) in [5.74, 6) is 0.206. The Morgan fingerprint density at radius 2 is 1.81 bits per heavy atom. The van der Waals surface area contributed by atoms with E-state index in [0.29, 0.717) is 6.42 Å². The molecular weight excluding hydrogens is 320 g/mol. The molecule has 130 valence electrons. The summed E-state index contributed by atoms with van der Waals surface area (Å²) in [5, 5.41) is 0. The van der Waals surface area contributed by atoms with E-state index in [0.717, 1.165) is 24.9 Å². The van der Waals surface area contributed by atoms with Gasteiger partial charge >= 0.3 is 0 Å². The summed E-state index contributed by atoms with van der Waals surface area (Å²) >= 11 is 0. The molecule has 0 radical (unpaired) electrons. The van der Waals surface area contributed by atoms with Gasteiger partial charge in [-0.3, -0.25) is 9.78 Å². The Balaban J connectivity index is 1.61. The van der Waals surface area contributed by atoms with Crippen molar-refractivity contribution in [3.63, 3.8) is 0 Å². The Morgan fingerprint density at radius 1 is 1.00 bits per heavy atom. The Labute approximate surface area is 154 Å². The molecule has 1 amide bonds. The fraction of sp³-hybridized carbons (Fsp3) is 0.217. The van der Waals surface area contributed by atoms with Gasteiger partial charge in [-0.05, 0) is 41.2 Å². The molecular formula is C23H22N2O. The highest BCUT2D eigenvalue weighted by atomic mass is 16.2. The van der Waals surface area contributed by atoms with Gasteiger partial charge in [0.1, 0.15) is 0 Å². The third kappa shape index (κ3) is 3.38. The molecule has 1 aliphatic heterocycles. The Hall–Kier alpha value is -2.94. The van der Waals surface area contributed by atoms with E-state index in [1.165, 1.54) is 16.7 Å². The number of rotatable bonds is 4. The van der Waals surface area contributed by atoms with E-state index >= 15 is 0 Å². The summed E-state index contributed by atoms with van der Waals surface area (Å²) in [7, 11) is 0. The maximum Gasteiger partial charge on any atom is 0.223 e. The van der Waals surface area contributed by atoms with E-state index in [4.69, 9.17) is 0 Å². The third-order valence-electron chi connectivity index (χ3n) is 5.07. The minimum Gasteiger partial charge on any atom is -0.331 e. The number of hydrogen-bond donors (Lipinski definition) is 0. The molecule has 2 heterocycles. The molecule has 2 aromatic carbocycles. The number of hydrogen-bond acceptors (Lipinski definition) is 2. The number of carbonyl (C=O) groups excluding carboxylic acids is 1. The lowest BCUT2D eigenvalue weighted by Gasteiger charge is -2.37. The van der Waals surface area contributed by atoms with Gasteiger partial charge in [-0.25, -0.2) is 0 Å². The van der Waals surface area contributed by atoms with Gasteiger partial charge in [0.2, 0.25) is 5.91 Å². The van der Waals surface area contributed by atoms with Gasteiger partial charge < -0.3 is 4.90 Å². The van der Waals surface area contributed by atoms with Crippen LogP contribution in [0.25, 0.3) is 0 Å². The Morgan fingerprint density at radius 3 is 2.62 bits per heavy atom. The first kappa shape index (κ1) is 16.5. The van der Waals surface area contributed by atoms with Gasteiger partial charge in [0, 0.05) is 25.4 Å². The summed E-state index contributed by atoms with van der Waals surface area (Å²) in [5.41, 5.74) is 4.83. The summed E-state index contributed by atoms with van der Waals surface area (Å²) in [6.07, 6.45) is 5.87. The largest absolute Gasteiger partial charge is 0.331 e. The van der Waals surface area contributed by atoms with E-state index in [1.807, 2.05) is 35.4 Å². The average molecular weight is 342 g/mol. The number of fused-ring (bicyclic) bond motifs is 1. The number of aromatic nitrogens is 1. The lowest BCUT2D eigenvalue weighted by atomic mass is 9.88. The number of nitrogens with zero attached hydrogens (tertiary/aromatic N) is 2. The number of pyridine rings is 1. The van der Waals surface area contributed by atoms with E-state index in [2.05, 4.69) is 47.4 Å². The van der Waals surface area contributed by atoms with Crippen molar-refractivity contribution in [2.75, 3.05) is 6.54 Å². The third-order valence-corrected chi connectivity index (χ3v) is 5.07. The number of benzene rings is 2. The van der Waals surface area contributed by atoms with E-state index in [-0.39, 0.29) is 11.9 Å². The fourth-order valence-corrected chi connectivity index (χ4v) is 3.77. The first-order valence-corrected chi connectivity index (χ1v) is 9.14. The van der Waals surface area contributed by atoms with Crippen LogP contribution in [0.2, 0.25) is 0 Å². The fourth-order valence-electron chi connectivity index (χ4n) is 3.77. The van der Waals surface area contributed by atoms with Crippen LogP contribution >= 0.6 is 0 Å². The molecule has 3 nitrogen and oxygen atoms in total. The lowest BCUT2D eigenvalue weighted by Crippen LogP contribution is -2.40. The maximum absolute atomic E-state index is 13.1. The molecule has 0 saturated heterocycles. The summed E-state index contributed by atoms with van der Waals surface area (Å²) in [6, 6.07) is 22.6. The van der Waals surface area contributed by atoms with Gasteiger partial charge in [-0.2, -0.15) is 0 Å². The zero-order chi connectivity index (χ0) is 17.8. The van der Waals surface area contributed by atoms with Crippen LogP contribution in [-0.4, -0.2) is 22.3 Å². The highest BCUT2D eigenvalue weighted by molar-refractivity contribution is 5.78. The molecule has 0 bridgehead atoms. The van der Waals surface area contributed by atoms with Gasteiger partial charge in [-0.15, -0.1) is 0 Å². The minimum atomic E-state index is -0.0445. The van der Waals surface area contributed by atoms with Gasteiger partial charge in [0.25, 0.3) is 0 Å². The second kappa shape index (κ2) is 7.52. The molecule has 3 heteroatoms. The van der Waals surface area contributed by atoms with Crippen LogP contribution in [0.1, 0.15) is 34.7 Å². The van der Waals surface area contributed by atoms with Crippen LogP contribution in [0, 0.1) is 0 Å². The smallest absolute Gasteiger partial charge is 0.223 e. The Bertz CT molecular complexity index is 877. The predicted octanol–water partition coefficient (Wildman–Crippen LogP) is 4.19. The van der Waals surface area contributed by atoms with Crippen molar-refractivity contribution >= 4 is 5.91 Å². The Kier molecular flexibility index (Phi) is 4.78. The van der Waals surface area contributed by atoms with Crippen molar-refractivity contribution in [3.05, 3.63) is 101 Å². The zero-order valence-electron chi connectivity index (χ0n) is 14.7.